The van der Waals surface area contributed by atoms with E-state index in [2.05, 4.69) is 18.7 Å². The van der Waals surface area contributed by atoms with Gasteiger partial charge in [-0.25, -0.2) is 4.79 Å². The number of rotatable bonds is 5. The summed E-state index contributed by atoms with van der Waals surface area (Å²) in [6, 6.07) is 7.48. The third-order valence-corrected chi connectivity index (χ3v) is 4.88. The van der Waals surface area contributed by atoms with Crippen molar-refractivity contribution in [3.05, 3.63) is 53.2 Å². The number of aromatic nitrogens is 1. The maximum atomic E-state index is 12.4. The van der Waals surface area contributed by atoms with Crippen molar-refractivity contribution in [2.24, 2.45) is 5.73 Å². The highest BCUT2D eigenvalue weighted by Crippen LogP contribution is 2.37. The van der Waals surface area contributed by atoms with Crippen molar-refractivity contribution in [2.75, 3.05) is 13.2 Å². The predicted octanol–water partition coefficient (Wildman–Crippen LogP) is 2.76. The molecule has 3 rings (SSSR count). The summed E-state index contributed by atoms with van der Waals surface area (Å²) in [5.41, 5.74) is 8.69. The number of primary amides is 1. The van der Waals surface area contributed by atoms with E-state index in [0.29, 0.717) is 12.2 Å². The molecule has 0 saturated carbocycles. The van der Waals surface area contributed by atoms with Gasteiger partial charge in [0.2, 0.25) is 5.91 Å². The minimum absolute atomic E-state index is 0.224. The molecule has 1 amide bonds. The number of fused-ring (bicyclic) bond motifs is 2. The highest BCUT2D eigenvalue weighted by molar-refractivity contribution is 6.07. The lowest BCUT2D eigenvalue weighted by molar-refractivity contribution is -0.137. The topological polar surface area (TPSA) is 85.5 Å². The molecule has 0 spiro atoms. The molecule has 1 aliphatic heterocycles. The van der Waals surface area contributed by atoms with Gasteiger partial charge in [-0.15, -0.1) is 0 Å². The molecule has 27 heavy (non-hydrogen) atoms. The molecule has 1 atom stereocenters. The molecule has 2 aromatic rings. The van der Waals surface area contributed by atoms with Gasteiger partial charge in [-0.3, -0.25) is 14.7 Å². The Hall–Kier alpha value is -2.73. The zero-order valence-electron chi connectivity index (χ0n) is 15.9. The van der Waals surface area contributed by atoms with Crippen molar-refractivity contribution < 1.29 is 14.3 Å². The first kappa shape index (κ1) is 19.0. The van der Waals surface area contributed by atoms with Crippen LogP contribution in [-0.2, 0) is 16.0 Å². The second-order valence-electron chi connectivity index (χ2n) is 6.87. The molecule has 0 bridgehead atoms. The highest BCUT2D eigenvalue weighted by atomic mass is 16.5. The number of hydrogen-bond acceptors (Lipinski definition) is 5. The number of ether oxygens (including phenoxy) is 1. The van der Waals surface area contributed by atoms with E-state index in [9.17, 15) is 9.59 Å². The summed E-state index contributed by atoms with van der Waals surface area (Å²) < 4.78 is 5.01. The van der Waals surface area contributed by atoms with Crippen LogP contribution in [0.2, 0.25) is 0 Å². The molecule has 2 N–H and O–H groups in total. The summed E-state index contributed by atoms with van der Waals surface area (Å²) in [7, 11) is 0. The maximum absolute atomic E-state index is 12.4. The fourth-order valence-corrected chi connectivity index (χ4v) is 3.74. The van der Waals surface area contributed by atoms with E-state index in [4.69, 9.17) is 15.5 Å². The number of hydrogen-bond donors (Lipinski definition) is 1. The largest absolute Gasteiger partial charge is 0.463 e. The monoisotopic (exact) mass is 367 g/mol. The Bertz CT molecular complexity index is 905. The van der Waals surface area contributed by atoms with Gasteiger partial charge in [0.1, 0.15) is 0 Å². The number of nitrogens with zero attached hydrogens (tertiary/aromatic N) is 2. The average molecular weight is 367 g/mol. The Kier molecular flexibility index (Phi) is 5.56. The molecule has 1 aromatic carbocycles. The average Bonchev–Trinajstić information content (AvgIpc) is 2.63. The van der Waals surface area contributed by atoms with Crippen LogP contribution in [0.25, 0.3) is 10.9 Å². The first-order valence-corrected chi connectivity index (χ1v) is 9.26. The molecule has 0 fully saturated rings. The molecule has 1 unspecified atom stereocenters. The van der Waals surface area contributed by atoms with E-state index in [1.165, 1.54) is 6.08 Å². The van der Waals surface area contributed by atoms with Gasteiger partial charge in [0.05, 0.1) is 23.7 Å². The Morgan fingerprint density at radius 1 is 1.37 bits per heavy atom. The molecular formula is C21H25N3O3. The number of benzene rings is 1. The summed E-state index contributed by atoms with van der Waals surface area (Å²) in [6.07, 6.45) is 3.94. The Morgan fingerprint density at radius 3 is 2.78 bits per heavy atom. The van der Waals surface area contributed by atoms with Crippen molar-refractivity contribution in [1.82, 2.24) is 9.88 Å². The van der Waals surface area contributed by atoms with Gasteiger partial charge in [0.25, 0.3) is 0 Å². The van der Waals surface area contributed by atoms with Crippen molar-refractivity contribution in [2.45, 2.75) is 39.3 Å². The zero-order valence-corrected chi connectivity index (χ0v) is 15.9. The molecular weight excluding hydrogens is 342 g/mol. The SMILES string of the molecule is CCOC(=O)/C=C/C1c2c(nc3ccccc3c2C(N)=O)CCN1C(C)C. The van der Waals surface area contributed by atoms with E-state index in [0.717, 1.165) is 35.1 Å². The number of esters is 1. The third-order valence-electron chi connectivity index (χ3n) is 4.88. The van der Waals surface area contributed by atoms with Gasteiger partial charge in [-0.2, -0.15) is 0 Å². The molecule has 6 nitrogen and oxygen atoms in total. The van der Waals surface area contributed by atoms with Crippen molar-refractivity contribution in [3.8, 4) is 0 Å². The molecule has 0 aliphatic carbocycles. The van der Waals surface area contributed by atoms with E-state index in [-0.39, 0.29) is 12.1 Å². The van der Waals surface area contributed by atoms with Crippen molar-refractivity contribution >= 4 is 22.8 Å². The molecule has 2 heterocycles. The van der Waals surface area contributed by atoms with Gasteiger partial charge in [-0.05, 0) is 26.8 Å². The van der Waals surface area contributed by atoms with Gasteiger partial charge in [0.15, 0.2) is 0 Å². The fraction of sp³-hybridized carbons (Fsp3) is 0.381. The maximum Gasteiger partial charge on any atom is 0.330 e. The number of carbonyl (C=O) groups is 2. The Balaban J connectivity index is 2.21. The summed E-state index contributed by atoms with van der Waals surface area (Å²) in [4.78, 5) is 31.3. The summed E-state index contributed by atoms with van der Waals surface area (Å²) in [5, 5.41) is 0.740. The first-order valence-electron chi connectivity index (χ1n) is 9.26. The van der Waals surface area contributed by atoms with Gasteiger partial charge < -0.3 is 10.5 Å². The van der Waals surface area contributed by atoms with Crippen molar-refractivity contribution in [1.29, 1.82) is 0 Å². The van der Waals surface area contributed by atoms with Crippen LogP contribution >= 0.6 is 0 Å². The van der Waals surface area contributed by atoms with Crippen LogP contribution in [0.3, 0.4) is 0 Å². The Labute approximate surface area is 159 Å². The second-order valence-corrected chi connectivity index (χ2v) is 6.87. The second kappa shape index (κ2) is 7.88. The standard InChI is InChI=1S/C21H25N3O3/c1-4-27-18(25)10-9-17-20-16(11-12-24(17)13(2)3)23-15-8-6-5-7-14(15)19(20)21(22)26/h5-10,13,17H,4,11-12H2,1-3H3,(H2,22,26)/b10-9+. The van der Waals surface area contributed by atoms with Crippen LogP contribution < -0.4 is 5.73 Å². The smallest absolute Gasteiger partial charge is 0.330 e. The highest BCUT2D eigenvalue weighted by Gasteiger charge is 2.33. The molecule has 0 saturated heterocycles. The van der Waals surface area contributed by atoms with Crippen LogP contribution in [-0.4, -0.2) is 41.0 Å². The van der Waals surface area contributed by atoms with Crippen LogP contribution in [0.4, 0.5) is 0 Å². The van der Waals surface area contributed by atoms with E-state index < -0.39 is 11.9 Å². The summed E-state index contributed by atoms with van der Waals surface area (Å²) in [6.45, 7) is 7.05. The lowest BCUT2D eigenvalue weighted by Gasteiger charge is -2.39. The molecule has 1 aromatic heterocycles. The predicted molar refractivity (Wildman–Crippen MR) is 104 cm³/mol. The zero-order chi connectivity index (χ0) is 19.6. The molecule has 142 valence electrons. The Morgan fingerprint density at radius 2 is 2.11 bits per heavy atom. The number of amides is 1. The van der Waals surface area contributed by atoms with Crippen LogP contribution in [0.1, 0.15) is 48.4 Å². The number of para-hydroxylation sites is 1. The minimum atomic E-state index is -0.481. The van der Waals surface area contributed by atoms with Gasteiger partial charge in [-0.1, -0.05) is 24.3 Å². The quantitative estimate of drug-likeness (QED) is 0.649. The normalized spacial score (nSPS) is 17.4. The fourth-order valence-electron chi connectivity index (χ4n) is 3.74. The minimum Gasteiger partial charge on any atom is -0.463 e. The van der Waals surface area contributed by atoms with Crippen LogP contribution in [0, 0.1) is 0 Å². The van der Waals surface area contributed by atoms with Gasteiger partial charge in [0, 0.05) is 41.7 Å². The summed E-state index contributed by atoms with van der Waals surface area (Å²) in [5.74, 6) is -0.882. The van der Waals surface area contributed by atoms with Crippen LogP contribution in [0.5, 0.6) is 0 Å². The number of nitrogens with two attached hydrogens (primary N) is 1. The first-order chi connectivity index (χ1) is 12.9. The third kappa shape index (κ3) is 3.71. The van der Waals surface area contributed by atoms with Crippen molar-refractivity contribution in [3.63, 3.8) is 0 Å². The van der Waals surface area contributed by atoms with Crippen LogP contribution in [0.15, 0.2) is 36.4 Å². The van der Waals surface area contributed by atoms with E-state index >= 15 is 0 Å². The van der Waals surface area contributed by atoms with Gasteiger partial charge >= 0.3 is 5.97 Å². The molecule has 0 radical (unpaired) electrons. The number of carbonyl (C=O) groups excluding carboxylic acids is 2. The molecule has 6 heteroatoms. The molecule has 1 aliphatic rings. The summed E-state index contributed by atoms with van der Waals surface area (Å²) >= 11 is 0. The lowest BCUT2D eigenvalue weighted by Crippen LogP contribution is -2.41. The van der Waals surface area contributed by atoms with E-state index in [1.54, 1.807) is 13.0 Å². The number of pyridine rings is 1. The van der Waals surface area contributed by atoms with E-state index in [1.807, 2.05) is 24.3 Å². The lowest BCUT2D eigenvalue weighted by atomic mass is 9.88.